The number of amides is 1. The lowest BCUT2D eigenvalue weighted by Crippen LogP contribution is -2.35. The molecule has 0 spiro atoms. The number of nitrogens with one attached hydrogen (secondary N) is 1. The largest absolute Gasteiger partial charge is 0.416 e. The van der Waals surface area contributed by atoms with Crippen LogP contribution in [0.15, 0.2) is 60.8 Å². The number of para-hydroxylation sites is 1. The van der Waals surface area contributed by atoms with Gasteiger partial charge in [-0.15, -0.1) is 11.3 Å². The maximum Gasteiger partial charge on any atom is 0.416 e. The van der Waals surface area contributed by atoms with Gasteiger partial charge in [0.2, 0.25) is 0 Å². The number of alkyl halides is 3. The van der Waals surface area contributed by atoms with Gasteiger partial charge in [-0.3, -0.25) is 15.0 Å². The fourth-order valence-electron chi connectivity index (χ4n) is 3.93. The van der Waals surface area contributed by atoms with Crippen molar-refractivity contribution in [1.82, 2.24) is 14.9 Å². The van der Waals surface area contributed by atoms with E-state index in [2.05, 4.69) is 20.2 Å². The first-order valence-electron chi connectivity index (χ1n) is 11.0. The van der Waals surface area contributed by atoms with Crippen molar-refractivity contribution in [1.29, 1.82) is 0 Å². The molecule has 1 amide bonds. The number of thiazole rings is 1. The Morgan fingerprint density at radius 2 is 1.89 bits per heavy atom. The monoisotopic (exact) mass is 498 g/mol. The van der Waals surface area contributed by atoms with Gasteiger partial charge in [-0.25, -0.2) is 9.97 Å². The van der Waals surface area contributed by atoms with Crippen LogP contribution >= 0.6 is 11.3 Å². The summed E-state index contributed by atoms with van der Waals surface area (Å²) in [6.07, 6.45) is -2.70. The van der Waals surface area contributed by atoms with E-state index in [0.29, 0.717) is 46.1 Å². The molecule has 3 heterocycles. The highest BCUT2D eigenvalue weighted by molar-refractivity contribution is 7.15. The van der Waals surface area contributed by atoms with Gasteiger partial charge in [-0.2, -0.15) is 13.2 Å². The molecule has 0 radical (unpaired) electrons. The van der Waals surface area contributed by atoms with Gasteiger partial charge in [0.25, 0.3) is 5.91 Å². The molecule has 0 unspecified atom stereocenters. The number of hydrogen-bond acceptors (Lipinski definition) is 6. The zero-order chi connectivity index (χ0) is 24.4. The van der Waals surface area contributed by atoms with Crippen LogP contribution in [-0.4, -0.2) is 47.1 Å². The molecule has 0 saturated carbocycles. The highest BCUT2D eigenvalue weighted by Gasteiger charge is 2.30. The topological polar surface area (TPSA) is 67.4 Å². The van der Waals surface area contributed by atoms with Crippen molar-refractivity contribution >= 4 is 33.3 Å². The Kier molecular flexibility index (Phi) is 6.50. The van der Waals surface area contributed by atoms with Gasteiger partial charge in [0.1, 0.15) is 0 Å². The Bertz CT molecular complexity index is 1370. The van der Waals surface area contributed by atoms with Crippen molar-refractivity contribution < 1.29 is 22.7 Å². The average Bonchev–Trinajstić information content (AvgIpc) is 3.30. The van der Waals surface area contributed by atoms with Crippen LogP contribution in [0.2, 0.25) is 0 Å². The molecule has 1 N–H and O–H groups in total. The number of hydrogen-bond donors (Lipinski definition) is 1. The number of benzene rings is 2. The number of fused-ring (bicyclic) bond motifs is 1. The number of aromatic nitrogens is 2. The number of rotatable bonds is 5. The number of ether oxygens (including phenoxy) is 1. The Morgan fingerprint density at radius 3 is 2.69 bits per heavy atom. The molecular weight excluding hydrogens is 477 g/mol. The van der Waals surface area contributed by atoms with E-state index < -0.39 is 11.7 Å². The summed E-state index contributed by atoms with van der Waals surface area (Å²) in [4.78, 5) is 25.3. The van der Waals surface area contributed by atoms with Gasteiger partial charge in [0.05, 0.1) is 35.6 Å². The van der Waals surface area contributed by atoms with E-state index in [1.165, 1.54) is 17.4 Å². The molecule has 2 aromatic heterocycles. The molecule has 0 aliphatic carbocycles. The molecule has 2 aromatic carbocycles. The number of halogens is 3. The number of carbonyl (C=O) groups is 1. The van der Waals surface area contributed by atoms with E-state index in [1.54, 1.807) is 42.6 Å². The molecule has 4 aromatic rings. The molecule has 1 saturated heterocycles. The third-order valence-corrected chi connectivity index (χ3v) is 6.61. The second kappa shape index (κ2) is 9.73. The van der Waals surface area contributed by atoms with Crippen molar-refractivity contribution in [3.05, 3.63) is 76.8 Å². The number of nitrogens with zero attached hydrogens (tertiary/aromatic N) is 3. The maximum atomic E-state index is 13.2. The predicted octanol–water partition coefficient (Wildman–Crippen LogP) is 5.46. The Hall–Kier alpha value is -3.34. The highest BCUT2D eigenvalue weighted by Crippen LogP contribution is 2.32. The summed E-state index contributed by atoms with van der Waals surface area (Å²) in [6.45, 7) is 3.87. The lowest BCUT2D eigenvalue weighted by Gasteiger charge is -2.25. The first kappa shape index (κ1) is 23.4. The maximum absolute atomic E-state index is 13.2. The lowest BCUT2D eigenvalue weighted by molar-refractivity contribution is -0.137. The van der Waals surface area contributed by atoms with Gasteiger partial charge in [0, 0.05) is 41.7 Å². The van der Waals surface area contributed by atoms with Crippen LogP contribution in [0.5, 0.6) is 0 Å². The van der Waals surface area contributed by atoms with E-state index in [1.807, 2.05) is 0 Å². The van der Waals surface area contributed by atoms with E-state index in [0.717, 1.165) is 36.6 Å². The number of pyridine rings is 1. The second-order valence-corrected chi connectivity index (χ2v) is 9.24. The fraction of sp³-hybridized carbons (Fsp3) is 0.240. The van der Waals surface area contributed by atoms with Crippen LogP contribution in [0.4, 0.5) is 18.3 Å². The molecule has 35 heavy (non-hydrogen) atoms. The number of anilines is 1. The zero-order valence-corrected chi connectivity index (χ0v) is 19.3. The quantitative estimate of drug-likeness (QED) is 0.396. The van der Waals surface area contributed by atoms with Crippen molar-refractivity contribution in [2.24, 2.45) is 0 Å². The minimum atomic E-state index is -4.45. The second-order valence-electron chi connectivity index (χ2n) is 8.13. The first-order chi connectivity index (χ1) is 16.9. The smallest absolute Gasteiger partial charge is 0.379 e. The molecule has 5 rings (SSSR count). The molecule has 180 valence electrons. The zero-order valence-electron chi connectivity index (χ0n) is 18.5. The summed E-state index contributed by atoms with van der Waals surface area (Å²) < 4.78 is 44.9. The Morgan fingerprint density at radius 1 is 1.09 bits per heavy atom. The van der Waals surface area contributed by atoms with E-state index in [4.69, 9.17) is 4.74 Å². The summed E-state index contributed by atoms with van der Waals surface area (Å²) in [5.41, 5.74) is 0.654. The molecule has 0 bridgehead atoms. The third-order valence-electron chi connectivity index (χ3n) is 5.71. The van der Waals surface area contributed by atoms with E-state index in [9.17, 15) is 18.0 Å². The summed E-state index contributed by atoms with van der Waals surface area (Å²) in [6, 6.07) is 13.6. The molecule has 6 nitrogen and oxygen atoms in total. The van der Waals surface area contributed by atoms with Crippen molar-refractivity contribution in [2.45, 2.75) is 12.7 Å². The summed E-state index contributed by atoms with van der Waals surface area (Å²) >= 11 is 1.41. The first-order valence-corrected chi connectivity index (χ1v) is 11.8. The molecule has 0 atom stereocenters. The summed E-state index contributed by atoms with van der Waals surface area (Å²) in [7, 11) is 0. The van der Waals surface area contributed by atoms with Crippen molar-refractivity contribution in [3.63, 3.8) is 0 Å². The van der Waals surface area contributed by atoms with Crippen LogP contribution in [0.3, 0.4) is 0 Å². The van der Waals surface area contributed by atoms with Crippen LogP contribution in [0, 0.1) is 0 Å². The average molecular weight is 499 g/mol. The predicted molar refractivity (Wildman–Crippen MR) is 128 cm³/mol. The number of carbonyl (C=O) groups excluding carboxylic acids is 1. The Balaban J connectivity index is 1.39. The lowest BCUT2D eigenvalue weighted by atomic mass is 10.0. The van der Waals surface area contributed by atoms with Crippen LogP contribution in [-0.2, 0) is 17.5 Å². The standard InChI is InChI=1S/C25H21F3N4O2S/c26-25(27,28)18-5-1-4-17(13-18)21-8-7-16-3-2-6-20(22(16)30-21)23(33)31-24-29-14-19(35-24)15-32-9-11-34-12-10-32/h1-8,13-14H,9-12,15H2,(H,29,31,33). The van der Waals surface area contributed by atoms with Crippen LogP contribution < -0.4 is 5.32 Å². The van der Waals surface area contributed by atoms with Gasteiger partial charge in [-0.1, -0.05) is 30.3 Å². The molecule has 1 aliphatic rings. The van der Waals surface area contributed by atoms with Gasteiger partial charge >= 0.3 is 6.18 Å². The number of morpholine rings is 1. The van der Waals surface area contributed by atoms with Gasteiger partial charge < -0.3 is 4.74 Å². The van der Waals surface area contributed by atoms with Crippen LogP contribution in [0.1, 0.15) is 20.8 Å². The summed E-state index contributed by atoms with van der Waals surface area (Å²) in [5, 5.41) is 4.02. The van der Waals surface area contributed by atoms with Crippen LogP contribution in [0.25, 0.3) is 22.2 Å². The minimum absolute atomic E-state index is 0.321. The van der Waals surface area contributed by atoms with Crippen molar-refractivity contribution in [2.75, 3.05) is 31.6 Å². The molecule has 1 aliphatic heterocycles. The van der Waals surface area contributed by atoms with E-state index in [-0.39, 0.29) is 5.91 Å². The third kappa shape index (κ3) is 5.34. The van der Waals surface area contributed by atoms with Gasteiger partial charge in [0.15, 0.2) is 5.13 Å². The fourth-order valence-corrected chi connectivity index (χ4v) is 4.78. The molecule has 10 heteroatoms. The van der Waals surface area contributed by atoms with Crippen molar-refractivity contribution in [3.8, 4) is 11.3 Å². The minimum Gasteiger partial charge on any atom is -0.379 e. The normalized spacial score (nSPS) is 14.8. The van der Waals surface area contributed by atoms with Gasteiger partial charge in [-0.05, 0) is 24.3 Å². The Labute approximate surface area is 203 Å². The molecular formula is C25H21F3N4O2S. The molecule has 1 fully saturated rings. The summed E-state index contributed by atoms with van der Waals surface area (Å²) in [5.74, 6) is -0.378. The van der Waals surface area contributed by atoms with E-state index >= 15 is 0 Å². The highest BCUT2D eigenvalue weighted by atomic mass is 32.1. The SMILES string of the molecule is O=C(Nc1ncc(CN2CCOCC2)s1)c1cccc2ccc(-c3cccc(C(F)(F)F)c3)nc12.